The number of nitrogens with one attached hydrogen (secondary N) is 1. The Labute approximate surface area is 137 Å². The van der Waals surface area contributed by atoms with Gasteiger partial charge in [0.15, 0.2) is 5.13 Å². The van der Waals surface area contributed by atoms with Crippen LogP contribution in [0.1, 0.15) is 18.5 Å². The summed E-state index contributed by atoms with van der Waals surface area (Å²) in [7, 11) is -1.91. The number of sulfonamides is 1. The van der Waals surface area contributed by atoms with Gasteiger partial charge in [0.2, 0.25) is 5.91 Å². The number of hydrogen-bond donors (Lipinski definition) is 1. The van der Waals surface area contributed by atoms with Crippen molar-refractivity contribution < 1.29 is 13.2 Å². The Hall–Kier alpha value is -1.29. The fraction of sp³-hybridized carbons (Fsp3) is 0.385. The van der Waals surface area contributed by atoms with Gasteiger partial charge in [0.05, 0.1) is 5.69 Å². The lowest BCUT2D eigenvalue weighted by atomic mass is 10.3. The maximum atomic E-state index is 12.2. The highest BCUT2D eigenvalue weighted by Crippen LogP contribution is 2.20. The van der Waals surface area contributed by atoms with E-state index in [4.69, 9.17) is 0 Å². The van der Waals surface area contributed by atoms with Gasteiger partial charge in [0.25, 0.3) is 10.0 Å². The van der Waals surface area contributed by atoms with Gasteiger partial charge in [-0.05, 0) is 24.8 Å². The van der Waals surface area contributed by atoms with Crippen molar-refractivity contribution in [3.05, 3.63) is 28.6 Å². The van der Waals surface area contributed by atoms with E-state index in [1.807, 2.05) is 12.3 Å². The van der Waals surface area contributed by atoms with Crippen molar-refractivity contribution in [3.8, 4) is 0 Å². The first kappa shape index (κ1) is 17.1. The first-order valence-electron chi connectivity index (χ1n) is 6.61. The zero-order valence-corrected chi connectivity index (χ0v) is 14.7. The third kappa shape index (κ3) is 4.35. The van der Waals surface area contributed by atoms with Crippen molar-refractivity contribution in [3.63, 3.8) is 0 Å². The monoisotopic (exact) mass is 359 g/mol. The number of aryl methyl sites for hydroxylation is 1. The van der Waals surface area contributed by atoms with Crippen LogP contribution in [0.3, 0.4) is 0 Å². The van der Waals surface area contributed by atoms with Gasteiger partial charge in [-0.2, -0.15) is 0 Å². The van der Waals surface area contributed by atoms with Crippen LogP contribution in [0, 0.1) is 6.92 Å². The molecule has 2 aromatic heterocycles. The van der Waals surface area contributed by atoms with Crippen LogP contribution in [0.25, 0.3) is 0 Å². The molecule has 0 aliphatic heterocycles. The number of thiazole rings is 1. The van der Waals surface area contributed by atoms with Crippen LogP contribution in [0.2, 0.25) is 0 Å². The fourth-order valence-corrected chi connectivity index (χ4v) is 4.85. The van der Waals surface area contributed by atoms with Crippen LogP contribution < -0.4 is 5.32 Å². The van der Waals surface area contributed by atoms with Gasteiger partial charge in [0, 0.05) is 25.4 Å². The van der Waals surface area contributed by atoms with E-state index in [1.54, 1.807) is 17.5 Å². The molecule has 2 rings (SSSR count). The molecule has 120 valence electrons. The lowest BCUT2D eigenvalue weighted by Crippen LogP contribution is -2.28. The summed E-state index contributed by atoms with van der Waals surface area (Å²) in [5.41, 5.74) is 0.863. The molecule has 0 aliphatic rings. The Morgan fingerprint density at radius 1 is 1.41 bits per heavy atom. The van der Waals surface area contributed by atoms with Crippen LogP contribution in [0.15, 0.2) is 27.1 Å². The summed E-state index contributed by atoms with van der Waals surface area (Å²) in [4.78, 5) is 15.9. The molecule has 0 aromatic carbocycles. The van der Waals surface area contributed by atoms with E-state index in [2.05, 4.69) is 10.3 Å². The molecular formula is C13H17N3O3S3. The van der Waals surface area contributed by atoms with Crippen LogP contribution in [0.4, 0.5) is 5.13 Å². The minimum atomic E-state index is -3.44. The number of rotatable bonds is 7. The second-order valence-corrected chi connectivity index (χ2v) is 8.78. The van der Waals surface area contributed by atoms with Gasteiger partial charge in [-0.1, -0.05) is 6.07 Å². The van der Waals surface area contributed by atoms with E-state index >= 15 is 0 Å². The van der Waals surface area contributed by atoms with Crippen LogP contribution in [-0.2, 0) is 14.8 Å². The summed E-state index contributed by atoms with van der Waals surface area (Å²) in [6.45, 7) is 2.15. The molecule has 6 nitrogen and oxygen atoms in total. The molecule has 2 aromatic rings. The first-order chi connectivity index (χ1) is 10.4. The summed E-state index contributed by atoms with van der Waals surface area (Å²) in [6.07, 6.45) is 0.709. The summed E-state index contributed by atoms with van der Waals surface area (Å²) in [6, 6.07) is 3.28. The summed E-state index contributed by atoms with van der Waals surface area (Å²) in [5.74, 6) is -0.156. The standard InChI is InChI=1S/C13H17N3O3S3/c1-10-9-21-13(14-10)15-11(17)5-3-7-16(2)22(18,19)12-6-4-8-20-12/h4,6,8-9H,3,5,7H2,1-2H3,(H,14,15,17). The number of carbonyl (C=O) groups is 1. The van der Waals surface area contributed by atoms with Crippen molar-refractivity contribution in [1.82, 2.24) is 9.29 Å². The third-order valence-electron chi connectivity index (χ3n) is 2.90. The van der Waals surface area contributed by atoms with Crippen LogP contribution >= 0.6 is 22.7 Å². The quantitative estimate of drug-likeness (QED) is 0.824. The molecule has 0 spiro atoms. The van der Waals surface area contributed by atoms with Crippen LogP contribution in [-0.4, -0.2) is 37.2 Å². The van der Waals surface area contributed by atoms with Crippen molar-refractivity contribution in [2.24, 2.45) is 0 Å². The topological polar surface area (TPSA) is 79.4 Å². The zero-order valence-electron chi connectivity index (χ0n) is 12.3. The molecule has 0 fully saturated rings. The average Bonchev–Trinajstić information content (AvgIpc) is 3.10. The van der Waals surface area contributed by atoms with E-state index in [0.29, 0.717) is 22.3 Å². The number of anilines is 1. The Bertz CT molecular complexity index is 723. The van der Waals surface area contributed by atoms with Gasteiger partial charge >= 0.3 is 0 Å². The number of aromatic nitrogens is 1. The molecule has 0 bridgehead atoms. The van der Waals surface area contributed by atoms with Crippen molar-refractivity contribution in [1.29, 1.82) is 0 Å². The fourth-order valence-electron chi connectivity index (χ4n) is 1.74. The minimum absolute atomic E-state index is 0.156. The number of thiophene rings is 1. The first-order valence-corrected chi connectivity index (χ1v) is 9.81. The van der Waals surface area contributed by atoms with E-state index in [1.165, 1.54) is 34.0 Å². The predicted molar refractivity (Wildman–Crippen MR) is 88.8 cm³/mol. The summed E-state index contributed by atoms with van der Waals surface area (Å²) in [5, 5.41) is 6.86. The Balaban J connectivity index is 1.79. The summed E-state index contributed by atoms with van der Waals surface area (Å²) < 4.78 is 26.0. The van der Waals surface area contributed by atoms with E-state index < -0.39 is 10.0 Å². The second kappa shape index (κ2) is 7.32. The van der Waals surface area contributed by atoms with Crippen LogP contribution in [0.5, 0.6) is 0 Å². The van der Waals surface area contributed by atoms with Gasteiger partial charge in [0.1, 0.15) is 4.21 Å². The van der Waals surface area contributed by atoms with E-state index in [0.717, 1.165) is 5.69 Å². The van der Waals surface area contributed by atoms with Gasteiger partial charge in [-0.15, -0.1) is 22.7 Å². The number of amides is 1. The van der Waals surface area contributed by atoms with E-state index in [-0.39, 0.29) is 12.3 Å². The molecule has 0 unspecified atom stereocenters. The third-order valence-corrected chi connectivity index (χ3v) is 7.01. The maximum absolute atomic E-state index is 12.2. The molecular weight excluding hydrogens is 342 g/mol. The highest BCUT2D eigenvalue weighted by atomic mass is 32.2. The van der Waals surface area contributed by atoms with Crippen molar-refractivity contribution in [2.75, 3.05) is 18.9 Å². The van der Waals surface area contributed by atoms with Gasteiger partial charge in [-0.25, -0.2) is 17.7 Å². The zero-order chi connectivity index (χ0) is 16.2. The lowest BCUT2D eigenvalue weighted by molar-refractivity contribution is -0.116. The van der Waals surface area contributed by atoms with Crippen molar-refractivity contribution >= 4 is 43.7 Å². The number of hydrogen-bond acceptors (Lipinski definition) is 6. The van der Waals surface area contributed by atoms with Crippen molar-refractivity contribution in [2.45, 2.75) is 24.0 Å². The number of carbonyl (C=O) groups excluding carboxylic acids is 1. The normalized spacial score (nSPS) is 11.8. The number of nitrogens with zero attached hydrogens (tertiary/aromatic N) is 2. The summed E-state index contributed by atoms with van der Waals surface area (Å²) >= 11 is 2.56. The van der Waals surface area contributed by atoms with Gasteiger partial charge < -0.3 is 5.32 Å². The molecule has 0 aliphatic carbocycles. The Kier molecular flexibility index (Phi) is 5.68. The smallest absolute Gasteiger partial charge is 0.252 e. The molecule has 0 saturated heterocycles. The SMILES string of the molecule is Cc1csc(NC(=O)CCCN(C)S(=O)(=O)c2cccs2)n1. The highest BCUT2D eigenvalue weighted by Gasteiger charge is 2.21. The highest BCUT2D eigenvalue weighted by molar-refractivity contribution is 7.91. The predicted octanol–water partition coefficient (Wildman–Crippen LogP) is 2.55. The Morgan fingerprint density at radius 3 is 2.77 bits per heavy atom. The minimum Gasteiger partial charge on any atom is -0.302 e. The molecule has 9 heteroatoms. The maximum Gasteiger partial charge on any atom is 0.252 e. The Morgan fingerprint density at radius 2 is 2.18 bits per heavy atom. The van der Waals surface area contributed by atoms with E-state index in [9.17, 15) is 13.2 Å². The lowest BCUT2D eigenvalue weighted by Gasteiger charge is -2.15. The molecule has 0 radical (unpaired) electrons. The molecule has 0 atom stereocenters. The molecule has 1 amide bonds. The molecule has 2 heterocycles. The van der Waals surface area contributed by atoms with Gasteiger partial charge in [-0.3, -0.25) is 4.79 Å². The average molecular weight is 359 g/mol. The largest absolute Gasteiger partial charge is 0.302 e. The second-order valence-electron chi connectivity index (χ2n) is 4.70. The molecule has 0 saturated carbocycles. The molecule has 22 heavy (non-hydrogen) atoms. The molecule has 1 N–H and O–H groups in total.